The number of allylic oxidation sites excluding steroid dienone is 16. The first-order valence-corrected chi connectivity index (χ1v) is 30.7. The van der Waals surface area contributed by atoms with Crippen LogP contribution < -0.4 is 0 Å². The van der Waals surface area contributed by atoms with Crippen molar-refractivity contribution in [3.05, 3.63) is 97.2 Å². The van der Waals surface area contributed by atoms with Crippen LogP contribution in [-0.4, -0.2) is 37.2 Å². The molecule has 0 aromatic carbocycles. The molecule has 1 atom stereocenters. The van der Waals surface area contributed by atoms with Crippen LogP contribution in [-0.2, 0) is 28.6 Å². The number of carbonyl (C=O) groups is 3. The molecular formula is C67H114O6. The Bertz CT molecular complexity index is 1440. The van der Waals surface area contributed by atoms with E-state index in [4.69, 9.17) is 14.2 Å². The molecule has 0 aromatic heterocycles. The topological polar surface area (TPSA) is 78.9 Å². The molecule has 0 spiro atoms. The Labute approximate surface area is 451 Å². The standard InChI is InChI=1S/C67H114O6/c1-4-7-10-13-16-19-22-24-26-28-30-31-32-33-34-35-37-38-40-42-45-48-51-54-57-60-66(69)72-63-64(62-71-65(68)59-56-53-50-47-44-21-18-15-12-9-6-3)73-67(70)61-58-55-52-49-46-43-41-39-36-29-27-25-23-20-17-14-11-8-5-2/h8,11,15,17-18,20,22,24-25,27-28,30,36,39,43,46,64H,4-7,9-10,12-14,16,19,21,23,26,29,31-35,37-38,40-42,44-45,47-63H2,1-3H3/b11-8-,18-15-,20-17-,24-22-,27-25-,30-28-,39-36-,46-43-. The van der Waals surface area contributed by atoms with E-state index in [9.17, 15) is 14.4 Å². The summed E-state index contributed by atoms with van der Waals surface area (Å²) in [7, 11) is 0. The maximum Gasteiger partial charge on any atom is 0.306 e. The number of hydrogen-bond acceptors (Lipinski definition) is 6. The number of hydrogen-bond donors (Lipinski definition) is 0. The quantitative estimate of drug-likeness (QED) is 0.0261. The Kier molecular flexibility index (Phi) is 57.8. The molecule has 6 heteroatoms. The number of rotatable bonds is 55. The molecule has 0 heterocycles. The van der Waals surface area contributed by atoms with E-state index >= 15 is 0 Å². The van der Waals surface area contributed by atoms with Crippen molar-refractivity contribution in [1.29, 1.82) is 0 Å². The molecule has 0 aliphatic carbocycles. The van der Waals surface area contributed by atoms with Gasteiger partial charge in [0.15, 0.2) is 6.10 Å². The predicted molar refractivity (Wildman–Crippen MR) is 316 cm³/mol. The van der Waals surface area contributed by atoms with Crippen LogP contribution in [0.25, 0.3) is 0 Å². The molecule has 73 heavy (non-hydrogen) atoms. The normalized spacial score (nSPS) is 12.8. The van der Waals surface area contributed by atoms with Gasteiger partial charge in [-0.3, -0.25) is 14.4 Å². The minimum absolute atomic E-state index is 0.0936. The maximum absolute atomic E-state index is 12.9. The number of ether oxygens (including phenoxy) is 3. The molecule has 0 aromatic rings. The Morgan fingerprint density at radius 1 is 0.288 bits per heavy atom. The number of carbonyl (C=O) groups excluding carboxylic acids is 3. The first-order valence-electron chi connectivity index (χ1n) is 30.7. The molecule has 418 valence electrons. The minimum Gasteiger partial charge on any atom is -0.462 e. The highest BCUT2D eigenvalue weighted by Crippen LogP contribution is 2.15. The summed E-state index contributed by atoms with van der Waals surface area (Å²) in [6.45, 7) is 6.46. The Hall–Kier alpha value is -3.67. The van der Waals surface area contributed by atoms with Gasteiger partial charge in [-0.25, -0.2) is 0 Å². The third-order valence-electron chi connectivity index (χ3n) is 13.0. The fourth-order valence-corrected chi connectivity index (χ4v) is 8.42. The molecule has 0 aliphatic rings. The highest BCUT2D eigenvalue weighted by atomic mass is 16.6. The van der Waals surface area contributed by atoms with E-state index in [-0.39, 0.29) is 37.5 Å². The van der Waals surface area contributed by atoms with Gasteiger partial charge in [-0.05, 0) is 116 Å². The van der Waals surface area contributed by atoms with Crippen LogP contribution in [0.4, 0.5) is 0 Å². The SMILES string of the molecule is CC/C=C\C/C=C\C/C=C\C/C=C\C/C=C\CCCCCC(=O)OC(COC(=O)CCCCCCC/C=C\CCCC)COC(=O)CCCCCCCCCCCCCCC/C=C\C/C=C\CCCCCCC. The smallest absolute Gasteiger partial charge is 0.306 e. The Balaban J connectivity index is 4.32. The monoisotopic (exact) mass is 1010 g/mol. The molecule has 0 aliphatic heterocycles. The van der Waals surface area contributed by atoms with Gasteiger partial charge < -0.3 is 14.2 Å². The first-order chi connectivity index (χ1) is 36.0. The van der Waals surface area contributed by atoms with Crippen LogP contribution in [0.15, 0.2) is 97.2 Å². The molecule has 0 amide bonds. The van der Waals surface area contributed by atoms with Gasteiger partial charge in [0.25, 0.3) is 0 Å². The summed E-state index contributed by atoms with van der Waals surface area (Å²) in [5.74, 6) is -0.932. The highest BCUT2D eigenvalue weighted by molar-refractivity contribution is 5.71. The minimum atomic E-state index is -0.799. The highest BCUT2D eigenvalue weighted by Gasteiger charge is 2.19. The van der Waals surface area contributed by atoms with E-state index in [0.29, 0.717) is 12.8 Å². The summed E-state index contributed by atoms with van der Waals surface area (Å²) in [6.07, 6.45) is 81.3. The molecule has 0 radical (unpaired) electrons. The molecule has 0 fully saturated rings. The van der Waals surface area contributed by atoms with Gasteiger partial charge in [-0.15, -0.1) is 0 Å². The molecule has 0 bridgehead atoms. The first kappa shape index (κ1) is 69.3. The van der Waals surface area contributed by atoms with E-state index < -0.39 is 6.10 Å². The summed E-state index contributed by atoms with van der Waals surface area (Å²) in [5, 5.41) is 0. The van der Waals surface area contributed by atoms with E-state index in [1.54, 1.807) is 0 Å². The van der Waals surface area contributed by atoms with Gasteiger partial charge in [-0.1, -0.05) is 253 Å². The van der Waals surface area contributed by atoms with Crippen molar-refractivity contribution >= 4 is 17.9 Å². The molecule has 0 saturated carbocycles. The van der Waals surface area contributed by atoms with Crippen LogP contribution in [0.2, 0.25) is 0 Å². The van der Waals surface area contributed by atoms with Crippen molar-refractivity contribution in [2.45, 2.75) is 297 Å². The average Bonchev–Trinajstić information content (AvgIpc) is 3.39. The molecule has 6 nitrogen and oxygen atoms in total. The lowest BCUT2D eigenvalue weighted by Crippen LogP contribution is -2.30. The molecule has 1 unspecified atom stereocenters. The summed E-state index contributed by atoms with van der Waals surface area (Å²) >= 11 is 0. The van der Waals surface area contributed by atoms with Crippen molar-refractivity contribution in [3.8, 4) is 0 Å². The van der Waals surface area contributed by atoms with Crippen molar-refractivity contribution in [2.24, 2.45) is 0 Å². The lowest BCUT2D eigenvalue weighted by atomic mass is 10.0. The van der Waals surface area contributed by atoms with Gasteiger partial charge in [0.1, 0.15) is 13.2 Å². The third-order valence-corrected chi connectivity index (χ3v) is 13.0. The summed E-state index contributed by atoms with van der Waals surface area (Å²) in [4.78, 5) is 38.2. The Morgan fingerprint density at radius 2 is 0.548 bits per heavy atom. The zero-order valence-corrected chi connectivity index (χ0v) is 47.9. The van der Waals surface area contributed by atoms with Crippen molar-refractivity contribution in [2.75, 3.05) is 13.2 Å². The Morgan fingerprint density at radius 3 is 0.904 bits per heavy atom. The second-order valence-electron chi connectivity index (χ2n) is 20.2. The average molecular weight is 1020 g/mol. The molecular weight excluding hydrogens is 901 g/mol. The van der Waals surface area contributed by atoms with E-state index in [1.807, 2.05) is 0 Å². The van der Waals surface area contributed by atoms with E-state index in [2.05, 4.69) is 118 Å². The van der Waals surface area contributed by atoms with Crippen molar-refractivity contribution in [3.63, 3.8) is 0 Å². The van der Waals surface area contributed by atoms with E-state index in [0.717, 1.165) is 116 Å². The van der Waals surface area contributed by atoms with Crippen molar-refractivity contribution in [1.82, 2.24) is 0 Å². The van der Waals surface area contributed by atoms with Crippen molar-refractivity contribution < 1.29 is 28.6 Å². The summed E-state index contributed by atoms with van der Waals surface area (Å²) < 4.78 is 16.8. The van der Waals surface area contributed by atoms with Crippen LogP contribution in [0.3, 0.4) is 0 Å². The summed E-state index contributed by atoms with van der Waals surface area (Å²) in [5.41, 5.74) is 0. The van der Waals surface area contributed by atoms with E-state index in [1.165, 1.54) is 135 Å². The lowest BCUT2D eigenvalue weighted by Gasteiger charge is -2.18. The zero-order chi connectivity index (χ0) is 52.9. The fraction of sp³-hybridized carbons (Fsp3) is 0.716. The third kappa shape index (κ3) is 59.1. The number of unbranched alkanes of at least 4 members (excludes halogenated alkanes) is 28. The van der Waals surface area contributed by atoms with Gasteiger partial charge in [0.05, 0.1) is 0 Å². The predicted octanol–water partition coefficient (Wildman–Crippen LogP) is 20.9. The van der Waals surface area contributed by atoms with Gasteiger partial charge in [0, 0.05) is 19.3 Å². The van der Waals surface area contributed by atoms with Gasteiger partial charge in [-0.2, -0.15) is 0 Å². The van der Waals surface area contributed by atoms with Crippen LogP contribution in [0, 0.1) is 0 Å². The maximum atomic E-state index is 12.9. The molecule has 0 rings (SSSR count). The van der Waals surface area contributed by atoms with Gasteiger partial charge >= 0.3 is 17.9 Å². The van der Waals surface area contributed by atoms with Crippen LogP contribution >= 0.6 is 0 Å². The largest absolute Gasteiger partial charge is 0.462 e. The van der Waals surface area contributed by atoms with Gasteiger partial charge in [0.2, 0.25) is 0 Å². The second-order valence-corrected chi connectivity index (χ2v) is 20.2. The lowest BCUT2D eigenvalue weighted by molar-refractivity contribution is -0.167. The zero-order valence-electron chi connectivity index (χ0n) is 47.9. The second kappa shape index (κ2) is 60.9. The van der Waals surface area contributed by atoms with Crippen LogP contribution in [0.5, 0.6) is 0 Å². The number of esters is 3. The molecule has 0 saturated heterocycles. The fourth-order valence-electron chi connectivity index (χ4n) is 8.42. The summed E-state index contributed by atoms with van der Waals surface area (Å²) in [6, 6.07) is 0. The molecule has 0 N–H and O–H groups in total. The van der Waals surface area contributed by atoms with Crippen LogP contribution in [0.1, 0.15) is 290 Å².